The zero-order chi connectivity index (χ0) is 19.9. The van der Waals surface area contributed by atoms with Crippen molar-refractivity contribution in [2.24, 2.45) is 5.10 Å². The fraction of sp³-hybridized carbons (Fsp3) is 0.182. The molecule has 6 heteroatoms. The summed E-state index contributed by atoms with van der Waals surface area (Å²) in [5.74, 6) is 1.03. The Balaban J connectivity index is 1.85. The van der Waals surface area contributed by atoms with Crippen LogP contribution in [-0.2, 0) is 11.4 Å². The Hall–Kier alpha value is -2.86. The maximum Gasteiger partial charge on any atom is 0.236 e. The fourth-order valence-electron chi connectivity index (χ4n) is 2.80. The van der Waals surface area contributed by atoms with Crippen LogP contribution in [0.2, 0.25) is 0 Å². The van der Waals surface area contributed by atoms with Crippen molar-refractivity contribution in [2.75, 3.05) is 6.61 Å². The van der Waals surface area contributed by atoms with E-state index in [9.17, 15) is 4.79 Å². The van der Waals surface area contributed by atoms with Gasteiger partial charge in [0.05, 0.1) is 12.8 Å². The summed E-state index contributed by atoms with van der Waals surface area (Å²) in [5.41, 5.74) is 4.27. The van der Waals surface area contributed by atoms with Gasteiger partial charge in [-0.25, -0.2) is 5.43 Å². The van der Waals surface area contributed by atoms with E-state index >= 15 is 0 Å². The summed E-state index contributed by atoms with van der Waals surface area (Å²) in [6.45, 7) is 4.26. The van der Waals surface area contributed by atoms with Gasteiger partial charge in [-0.05, 0) is 51.3 Å². The standard InChI is InChI=1S/C22H21BrN2O3/c1-3-27-21-11-18(13-24-25-15(2)26)20(23)12-22(21)28-14-17-9-6-8-16-7-4-5-10-19(16)17/h4-13H,3,14H2,1-2H3,(H,25,26)/b24-13-. The Morgan fingerprint density at radius 3 is 2.64 bits per heavy atom. The minimum Gasteiger partial charge on any atom is -0.490 e. The fourth-order valence-corrected chi connectivity index (χ4v) is 3.22. The van der Waals surface area contributed by atoms with Crippen LogP contribution in [-0.4, -0.2) is 18.7 Å². The topological polar surface area (TPSA) is 59.9 Å². The molecule has 0 saturated carbocycles. The lowest BCUT2D eigenvalue weighted by Crippen LogP contribution is -2.12. The molecule has 0 heterocycles. The molecule has 0 spiro atoms. The average molecular weight is 441 g/mol. The highest BCUT2D eigenvalue weighted by Gasteiger charge is 2.11. The Morgan fingerprint density at radius 1 is 1.11 bits per heavy atom. The van der Waals surface area contributed by atoms with Gasteiger partial charge in [0, 0.05) is 17.0 Å². The van der Waals surface area contributed by atoms with Crippen LogP contribution in [0.3, 0.4) is 0 Å². The number of carbonyl (C=O) groups excluding carboxylic acids is 1. The molecule has 3 aromatic carbocycles. The summed E-state index contributed by atoms with van der Waals surface area (Å²) in [4.78, 5) is 11.0. The number of nitrogens with one attached hydrogen (secondary N) is 1. The van der Waals surface area contributed by atoms with Gasteiger partial charge in [0.1, 0.15) is 6.61 Å². The molecule has 144 valence electrons. The largest absolute Gasteiger partial charge is 0.490 e. The van der Waals surface area contributed by atoms with Crippen LogP contribution in [0.1, 0.15) is 25.0 Å². The van der Waals surface area contributed by atoms with E-state index in [1.54, 1.807) is 6.21 Å². The molecule has 1 N–H and O–H groups in total. The Bertz CT molecular complexity index is 1010. The van der Waals surface area contributed by atoms with Crippen molar-refractivity contribution in [3.63, 3.8) is 0 Å². The molecular formula is C22H21BrN2O3. The summed E-state index contributed by atoms with van der Waals surface area (Å²) in [6.07, 6.45) is 1.56. The second-order valence-corrected chi connectivity index (χ2v) is 6.96. The van der Waals surface area contributed by atoms with E-state index in [-0.39, 0.29) is 5.91 Å². The minimum absolute atomic E-state index is 0.229. The molecule has 5 nitrogen and oxygen atoms in total. The predicted octanol–water partition coefficient (Wildman–Crippen LogP) is 5.05. The minimum atomic E-state index is -0.229. The first-order valence-electron chi connectivity index (χ1n) is 8.94. The summed E-state index contributed by atoms with van der Waals surface area (Å²) in [6, 6.07) is 18.1. The van der Waals surface area contributed by atoms with Crippen LogP contribution in [0, 0.1) is 0 Å². The number of nitrogens with zero attached hydrogens (tertiary/aromatic N) is 1. The van der Waals surface area contributed by atoms with Crippen molar-refractivity contribution in [2.45, 2.75) is 20.5 Å². The quantitative estimate of drug-likeness (QED) is 0.412. The van der Waals surface area contributed by atoms with Crippen LogP contribution in [0.4, 0.5) is 0 Å². The number of hydrazone groups is 1. The molecule has 0 unspecified atom stereocenters. The zero-order valence-corrected chi connectivity index (χ0v) is 17.3. The number of ether oxygens (including phenoxy) is 2. The van der Waals surface area contributed by atoms with E-state index in [1.165, 1.54) is 17.7 Å². The molecule has 0 aliphatic rings. The Morgan fingerprint density at radius 2 is 1.86 bits per heavy atom. The lowest BCUT2D eigenvalue weighted by molar-refractivity contribution is -0.118. The summed E-state index contributed by atoms with van der Waals surface area (Å²) in [5, 5.41) is 6.26. The highest BCUT2D eigenvalue weighted by Crippen LogP contribution is 2.34. The SMILES string of the molecule is CCOc1cc(/C=N\NC(C)=O)c(Br)cc1OCc1cccc2ccccc12. The van der Waals surface area contributed by atoms with Crippen LogP contribution in [0.15, 0.2) is 64.2 Å². The van der Waals surface area contributed by atoms with Gasteiger partial charge in [0.25, 0.3) is 0 Å². The first-order valence-corrected chi connectivity index (χ1v) is 9.73. The van der Waals surface area contributed by atoms with Gasteiger partial charge in [-0.15, -0.1) is 0 Å². The van der Waals surface area contributed by atoms with Crippen LogP contribution in [0.25, 0.3) is 10.8 Å². The molecule has 0 radical (unpaired) electrons. The van der Waals surface area contributed by atoms with Gasteiger partial charge in [-0.3, -0.25) is 4.79 Å². The number of hydrogen-bond donors (Lipinski definition) is 1. The highest BCUT2D eigenvalue weighted by molar-refractivity contribution is 9.10. The molecule has 3 aromatic rings. The van der Waals surface area contributed by atoms with E-state index in [0.29, 0.717) is 24.7 Å². The van der Waals surface area contributed by atoms with Crippen molar-refractivity contribution < 1.29 is 14.3 Å². The number of halogens is 1. The van der Waals surface area contributed by atoms with Crippen LogP contribution >= 0.6 is 15.9 Å². The van der Waals surface area contributed by atoms with E-state index < -0.39 is 0 Å². The van der Waals surface area contributed by atoms with Gasteiger partial charge >= 0.3 is 0 Å². The number of rotatable bonds is 7. The summed E-state index contributed by atoms with van der Waals surface area (Å²) >= 11 is 3.53. The van der Waals surface area contributed by atoms with Gasteiger partial charge in [0.2, 0.25) is 5.91 Å². The van der Waals surface area contributed by atoms with E-state index in [2.05, 4.69) is 50.7 Å². The van der Waals surface area contributed by atoms with Crippen molar-refractivity contribution in [1.29, 1.82) is 0 Å². The highest BCUT2D eigenvalue weighted by atomic mass is 79.9. The number of amides is 1. The summed E-state index contributed by atoms with van der Waals surface area (Å²) < 4.78 is 12.6. The third-order valence-corrected chi connectivity index (χ3v) is 4.74. The first-order chi connectivity index (χ1) is 13.6. The molecule has 28 heavy (non-hydrogen) atoms. The van der Waals surface area contributed by atoms with Crippen molar-refractivity contribution in [1.82, 2.24) is 5.43 Å². The normalized spacial score (nSPS) is 11.0. The first kappa shape index (κ1) is 19.9. The lowest BCUT2D eigenvalue weighted by atomic mass is 10.1. The predicted molar refractivity (Wildman–Crippen MR) is 115 cm³/mol. The molecule has 0 fully saturated rings. The van der Waals surface area contributed by atoms with E-state index in [4.69, 9.17) is 9.47 Å². The number of fused-ring (bicyclic) bond motifs is 1. The molecular weight excluding hydrogens is 420 g/mol. The van der Waals surface area contributed by atoms with Gasteiger partial charge in [-0.1, -0.05) is 42.5 Å². The van der Waals surface area contributed by atoms with Crippen LogP contribution < -0.4 is 14.9 Å². The van der Waals surface area contributed by atoms with Gasteiger partial charge in [0.15, 0.2) is 11.5 Å². The third-order valence-electron chi connectivity index (χ3n) is 4.05. The number of carbonyl (C=O) groups is 1. The monoisotopic (exact) mass is 440 g/mol. The number of benzene rings is 3. The van der Waals surface area contributed by atoms with Crippen molar-refractivity contribution in [3.05, 3.63) is 70.2 Å². The second-order valence-electron chi connectivity index (χ2n) is 6.11. The van der Waals surface area contributed by atoms with Crippen molar-refractivity contribution >= 4 is 38.8 Å². The summed E-state index contributed by atoms with van der Waals surface area (Å²) in [7, 11) is 0. The molecule has 0 aromatic heterocycles. The Labute approximate surface area is 172 Å². The molecule has 0 atom stereocenters. The maximum atomic E-state index is 11.0. The molecule has 0 saturated heterocycles. The second kappa shape index (κ2) is 9.37. The van der Waals surface area contributed by atoms with Crippen molar-refractivity contribution in [3.8, 4) is 11.5 Å². The maximum absolute atomic E-state index is 11.0. The van der Waals surface area contributed by atoms with E-state index in [0.717, 1.165) is 15.6 Å². The smallest absolute Gasteiger partial charge is 0.236 e. The molecule has 1 amide bonds. The van der Waals surface area contributed by atoms with Gasteiger partial charge in [-0.2, -0.15) is 5.10 Å². The lowest BCUT2D eigenvalue weighted by Gasteiger charge is -2.15. The molecule has 0 bridgehead atoms. The van der Waals surface area contributed by atoms with Gasteiger partial charge < -0.3 is 9.47 Å². The molecule has 0 aliphatic carbocycles. The van der Waals surface area contributed by atoms with E-state index in [1.807, 2.05) is 37.3 Å². The van der Waals surface area contributed by atoms with Crippen LogP contribution in [0.5, 0.6) is 11.5 Å². The number of hydrogen-bond acceptors (Lipinski definition) is 4. The Kier molecular flexibility index (Phi) is 6.66. The third kappa shape index (κ3) is 4.89. The molecule has 3 rings (SSSR count). The average Bonchev–Trinajstić information content (AvgIpc) is 2.69. The zero-order valence-electron chi connectivity index (χ0n) is 15.7. The molecule has 0 aliphatic heterocycles.